The van der Waals surface area contributed by atoms with E-state index in [0.29, 0.717) is 37.4 Å². The largest absolute Gasteiger partial charge is 0.376 e. The Morgan fingerprint density at radius 3 is 2.89 bits per heavy atom. The first-order chi connectivity index (χ1) is 13.8. The lowest BCUT2D eigenvalue weighted by atomic mass is 10.2. The van der Waals surface area contributed by atoms with Gasteiger partial charge in [0.2, 0.25) is 5.91 Å². The number of hydrogen-bond acceptors (Lipinski definition) is 6. The topological polar surface area (TPSA) is 93.4 Å². The fourth-order valence-electron chi connectivity index (χ4n) is 3.22. The molecule has 1 aromatic carbocycles. The summed E-state index contributed by atoms with van der Waals surface area (Å²) in [5.41, 5.74) is 1.84. The highest BCUT2D eigenvalue weighted by Crippen LogP contribution is 2.12. The lowest BCUT2D eigenvalue weighted by molar-refractivity contribution is -0.121. The molecule has 8 heteroatoms. The van der Waals surface area contributed by atoms with Gasteiger partial charge in [-0.3, -0.25) is 4.79 Å². The van der Waals surface area contributed by atoms with Crippen molar-refractivity contribution in [2.24, 2.45) is 0 Å². The minimum atomic E-state index is -0.00870. The predicted molar refractivity (Wildman–Crippen MR) is 105 cm³/mol. The van der Waals surface area contributed by atoms with Gasteiger partial charge in [0, 0.05) is 32.5 Å². The molecular formula is C20H24N6O2. The first-order valence-electron chi connectivity index (χ1n) is 9.65. The van der Waals surface area contributed by atoms with Crippen LogP contribution in [0.25, 0.3) is 5.65 Å². The van der Waals surface area contributed by atoms with Crippen molar-refractivity contribution in [2.45, 2.75) is 38.3 Å². The van der Waals surface area contributed by atoms with Crippen molar-refractivity contribution in [1.29, 1.82) is 0 Å². The van der Waals surface area contributed by atoms with Gasteiger partial charge in [-0.1, -0.05) is 30.3 Å². The molecule has 1 aliphatic rings. The van der Waals surface area contributed by atoms with Crippen LogP contribution in [0.1, 0.15) is 30.7 Å². The van der Waals surface area contributed by atoms with Crippen LogP contribution in [0.2, 0.25) is 0 Å². The molecule has 0 radical (unpaired) electrons. The van der Waals surface area contributed by atoms with Crippen LogP contribution in [0, 0.1) is 0 Å². The Hall–Kier alpha value is -3.00. The van der Waals surface area contributed by atoms with Crippen molar-refractivity contribution in [3.8, 4) is 0 Å². The van der Waals surface area contributed by atoms with Gasteiger partial charge in [0.1, 0.15) is 5.82 Å². The Morgan fingerprint density at radius 1 is 1.18 bits per heavy atom. The lowest BCUT2D eigenvalue weighted by Crippen LogP contribution is -2.32. The van der Waals surface area contributed by atoms with E-state index in [1.165, 1.54) is 5.56 Å². The second kappa shape index (κ2) is 8.79. The van der Waals surface area contributed by atoms with Gasteiger partial charge < -0.3 is 15.4 Å². The summed E-state index contributed by atoms with van der Waals surface area (Å²) in [6.07, 6.45) is 3.05. The van der Waals surface area contributed by atoms with Crippen LogP contribution in [0.15, 0.2) is 42.5 Å². The third-order valence-electron chi connectivity index (χ3n) is 4.77. The Balaban J connectivity index is 1.33. The van der Waals surface area contributed by atoms with Gasteiger partial charge in [0.25, 0.3) is 0 Å². The van der Waals surface area contributed by atoms with Crippen LogP contribution in [0.3, 0.4) is 0 Å². The Labute approximate surface area is 163 Å². The molecule has 1 amide bonds. The summed E-state index contributed by atoms with van der Waals surface area (Å²) in [4.78, 5) is 12.1. The monoisotopic (exact) mass is 380 g/mol. The van der Waals surface area contributed by atoms with Crippen molar-refractivity contribution >= 4 is 17.4 Å². The predicted octanol–water partition coefficient (Wildman–Crippen LogP) is 1.96. The lowest BCUT2D eigenvalue weighted by Gasteiger charge is -2.10. The molecule has 3 heterocycles. The van der Waals surface area contributed by atoms with E-state index in [0.717, 1.165) is 25.3 Å². The number of carbonyl (C=O) groups excluding carboxylic acids is 1. The second-order valence-electron chi connectivity index (χ2n) is 6.88. The smallest absolute Gasteiger partial charge is 0.220 e. The standard InChI is InChI=1S/C20H24N6O2/c27-20(22-14-16-7-4-12-28-16)11-10-19-24-23-18-9-8-17(25-26(18)19)21-13-15-5-2-1-3-6-15/h1-3,5-6,8-9,16H,4,7,10-14H2,(H,21,25)(H,22,27). The molecule has 8 nitrogen and oxygen atoms in total. The first-order valence-corrected chi connectivity index (χ1v) is 9.65. The highest BCUT2D eigenvalue weighted by atomic mass is 16.5. The molecule has 1 aliphatic heterocycles. The molecule has 1 saturated heterocycles. The summed E-state index contributed by atoms with van der Waals surface area (Å²) in [5.74, 6) is 1.40. The SMILES string of the molecule is O=C(CCc1nnc2ccc(NCc3ccccc3)nn12)NCC1CCCO1. The van der Waals surface area contributed by atoms with Crippen LogP contribution in [0.5, 0.6) is 0 Å². The van der Waals surface area contributed by atoms with Crippen LogP contribution in [-0.4, -0.2) is 45.0 Å². The van der Waals surface area contributed by atoms with Crippen LogP contribution in [0.4, 0.5) is 5.82 Å². The van der Waals surface area contributed by atoms with E-state index in [9.17, 15) is 4.79 Å². The molecule has 1 atom stereocenters. The number of aromatic nitrogens is 4. The Bertz CT molecular complexity index is 921. The molecule has 0 aliphatic carbocycles. The second-order valence-corrected chi connectivity index (χ2v) is 6.88. The van der Waals surface area contributed by atoms with Crippen molar-refractivity contribution in [1.82, 2.24) is 25.1 Å². The normalized spacial score (nSPS) is 16.4. The minimum absolute atomic E-state index is 0.00870. The number of amides is 1. The average Bonchev–Trinajstić information content (AvgIpc) is 3.39. The molecule has 1 fully saturated rings. The van der Waals surface area contributed by atoms with Crippen molar-refractivity contribution in [2.75, 3.05) is 18.5 Å². The fourth-order valence-corrected chi connectivity index (χ4v) is 3.22. The number of fused-ring (bicyclic) bond motifs is 1. The molecule has 146 valence electrons. The van der Waals surface area contributed by atoms with Gasteiger partial charge in [-0.2, -0.15) is 4.52 Å². The quantitative estimate of drug-likeness (QED) is 0.621. The van der Waals surface area contributed by atoms with Crippen LogP contribution in [-0.2, 0) is 22.5 Å². The zero-order chi connectivity index (χ0) is 19.2. The molecule has 0 saturated carbocycles. The maximum Gasteiger partial charge on any atom is 0.220 e. The highest BCUT2D eigenvalue weighted by molar-refractivity contribution is 5.76. The molecule has 2 aromatic heterocycles. The van der Waals surface area contributed by atoms with E-state index in [4.69, 9.17) is 4.74 Å². The van der Waals surface area contributed by atoms with Gasteiger partial charge in [0.05, 0.1) is 6.10 Å². The van der Waals surface area contributed by atoms with E-state index in [-0.39, 0.29) is 12.0 Å². The maximum absolute atomic E-state index is 12.1. The van der Waals surface area contributed by atoms with Crippen molar-refractivity contribution in [3.63, 3.8) is 0 Å². The average molecular weight is 380 g/mol. The summed E-state index contributed by atoms with van der Waals surface area (Å²) < 4.78 is 7.22. The molecule has 0 spiro atoms. The number of aryl methyl sites for hydroxylation is 1. The summed E-state index contributed by atoms with van der Waals surface area (Å²) in [6.45, 7) is 2.05. The number of nitrogens with one attached hydrogen (secondary N) is 2. The molecule has 28 heavy (non-hydrogen) atoms. The zero-order valence-corrected chi connectivity index (χ0v) is 15.7. The van der Waals surface area contributed by atoms with Gasteiger partial charge >= 0.3 is 0 Å². The van der Waals surface area contributed by atoms with Gasteiger partial charge in [-0.05, 0) is 30.5 Å². The number of rotatable bonds is 8. The third kappa shape index (κ3) is 4.64. The molecule has 2 N–H and O–H groups in total. The maximum atomic E-state index is 12.1. The number of ether oxygens (including phenoxy) is 1. The molecular weight excluding hydrogens is 356 g/mol. The van der Waals surface area contributed by atoms with Gasteiger partial charge in [0.15, 0.2) is 11.5 Å². The molecule has 1 unspecified atom stereocenters. The highest BCUT2D eigenvalue weighted by Gasteiger charge is 2.16. The third-order valence-corrected chi connectivity index (χ3v) is 4.77. The number of nitrogens with zero attached hydrogens (tertiary/aromatic N) is 4. The summed E-state index contributed by atoms with van der Waals surface area (Å²) in [5, 5.41) is 19.1. The number of hydrogen-bond donors (Lipinski definition) is 2. The van der Waals surface area contributed by atoms with Crippen LogP contribution >= 0.6 is 0 Å². The minimum Gasteiger partial charge on any atom is -0.376 e. The summed E-state index contributed by atoms with van der Waals surface area (Å²) >= 11 is 0. The van der Waals surface area contributed by atoms with Gasteiger partial charge in [-0.25, -0.2) is 0 Å². The van der Waals surface area contributed by atoms with E-state index in [2.05, 4.69) is 38.1 Å². The fraction of sp³-hybridized carbons (Fsp3) is 0.400. The number of carbonyl (C=O) groups is 1. The molecule has 3 aromatic rings. The molecule has 0 bridgehead atoms. The van der Waals surface area contributed by atoms with Crippen molar-refractivity contribution < 1.29 is 9.53 Å². The van der Waals surface area contributed by atoms with Crippen molar-refractivity contribution in [3.05, 3.63) is 53.9 Å². The Morgan fingerprint density at radius 2 is 2.07 bits per heavy atom. The van der Waals surface area contributed by atoms with E-state index in [1.807, 2.05) is 30.3 Å². The first kappa shape index (κ1) is 18.4. The van der Waals surface area contributed by atoms with E-state index >= 15 is 0 Å². The summed E-state index contributed by atoms with van der Waals surface area (Å²) in [6, 6.07) is 13.9. The van der Waals surface area contributed by atoms with E-state index < -0.39 is 0 Å². The van der Waals surface area contributed by atoms with E-state index in [1.54, 1.807) is 4.52 Å². The molecule has 4 rings (SSSR count). The summed E-state index contributed by atoms with van der Waals surface area (Å²) in [7, 11) is 0. The van der Waals surface area contributed by atoms with Gasteiger partial charge in [-0.15, -0.1) is 15.3 Å². The zero-order valence-electron chi connectivity index (χ0n) is 15.7. The number of benzene rings is 1. The number of anilines is 1. The van der Waals surface area contributed by atoms with Crippen LogP contribution < -0.4 is 10.6 Å². The Kier molecular flexibility index (Phi) is 5.77.